The van der Waals surface area contributed by atoms with Gasteiger partial charge in [0.05, 0.1) is 0 Å². The lowest BCUT2D eigenvalue weighted by molar-refractivity contribution is -0.138. The molecule has 0 saturated carbocycles. The molecule has 1 atom stereocenters. The number of hydrogen-bond donors (Lipinski definition) is 1. The van der Waals surface area contributed by atoms with E-state index in [1.807, 2.05) is 7.05 Å². The molecule has 8 heteroatoms. The van der Waals surface area contributed by atoms with Gasteiger partial charge in [0.2, 0.25) is 10.1 Å². The topological polar surface area (TPSA) is 41.0 Å². The van der Waals surface area contributed by atoms with Crippen molar-refractivity contribution in [2.75, 3.05) is 25.5 Å². The van der Waals surface area contributed by atoms with Gasteiger partial charge < -0.3 is 10.2 Å². The zero-order valence-corrected chi connectivity index (χ0v) is 10.1. The molecule has 1 aliphatic heterocycles. The Morgan fingerprint density at radius 1 is 1.41 bits per heavy atom. The maximum absolute atomic E-state index is 12.3. The second-order valence-electron chi connectivity index (χ2n) is 4.16. The van der Waals surface area contributed by atoms with Crippen molar-refractivity contribution in [2.24, 2.45) is 0 Å². The average Bonchev–Trinajstić information content (AvgIpc) is 2.65. The average molecular weight is 266 g/mol. The number of hydrogen-bond acceptors (Lipinski definition) is 5. The van der Waals surface area contributed by atoms with Crippen LogP contribution in [0.15, 0.2) is 0 Å². The minimum Gasteiger partial charge on any atom is -0.356 e. The molecular formula is C9H13F3N4S. The van der Waals surface area contributed by atoms with Crippen LogP contribution >= 0.6 is 11.3 Å². The van der Waals surface area contributed by atoms with Crippen LogP contribution in [-0.4, -0.2) is 41.3 Å². The van der Waals surface area contributed by atoms with Gasteiger partial charge in [-0.2, -0.15) is 13.2 Å². The highest BCUT2D eigenvalue weighted by Gasteiger charge is 2.35. The fraction of sp³-hybridized carbons (Fsp3) is 0.778. The molecule has 1 aromatic rings. The third-order valence-electron chi connectivity index (χ3n) is 2.62. The van der Waals surface area contributed by atoms with Crippen LogP contribution in [0.3, 0.4) is 0 Å². The molecule has 0 spiro atoms. The highest BCUT2D eigenvalue weighted by molar-refractivity contribution is 7.15. The molecule has 1 saturated heterocycles. The number of halogens is 3. The predicted molar refractivity (Wildman–Crippen MR) is 59.1 cm³/mol. The minimum absolute atomic E-state index is 0.155. The summed E-state index contributed by atoms with van der Waals surface area (Å²) < 4.78 is 36.9. The van der Waals surface area contributed by atoms with E-state index >= 15 is 0 Å². The smallest absolute Gasteiger partial charge is 0.356 e. The molecule has 96 valence electrons. The van der Waals surface area contributed by atoms with E-state index in [4.69, 9.17) is 0 Å². The summed E-state index contributed by atoms with van der Waals surface area (Å²) in [4.78, 5) is 2.15. The lowest BCUT2D eigenvalue weighted by Gasteiger charge is -2.29. The monoisotopic (exact) mass is 266 g/mol. The Balaban J connectivity index is 1.97. The first-order chi connectivity index (χ1) is 7.95. The Kier molecular flexibility index (Phi) is 3.53. The summed E-state index contributed by atoms with van der Waals surface area (Å²) >= 11 is 0.558. The Bertz CT molecular complexity index is 379. The normalized spacial score (nSPS) is 22.7. The van der Waals surface area contributed by atoms with Crippen LogP contribution in [0.25, 0.3) is 0 Å². The maximum atomic E-state index is 12.3. The largest absolute Gasteiger partial charge is 0.445 e. The second kappa shape index (κ2) is 4.77. The van der Waals surface area contributed by atoms with Crippen LogP contribution in [0.5, 0.6) is 0 Å². The Labute approximate surface area is 101 Å². The molecule has 1 N–H and O–H groups in total. The number of nitrogens with zero attached hydrogens (tertiary/aromatic N) is 3. The number of anilines is 1. The molecule has 2 rings (SSSR count). The Morgan fingerprint density at radius 2 is 2.18 bits per heavy atom. The fourth-order valence-corrected chi connectivity index (χ4v) is 2.54. The van der Waals surface area contributed by atoms with E-state index in [9.17, 15) is 13.2 Å². The van der Waals surface area contributed by atoms with E-state index in [2.05, 4.69) is 20.4 Å². The SMILES string of the molecule is CN1CCCC(Nc2nnc(C(F)(F)F)s2)C1. The van der Waals surface area contributed by atoms with E-state index in [-0.39, 0.29) is 11.2 Å². The Morgan fingerprint density at radius 3 is 2.76 bits per heavy atom. The van der Waals surface area contributed by atoms with Gasteiger partial charge in [-0.3, -0.25) is 0 Å². The van der Waals surface area contributed by atoms with Crippen molar-refractivity contribution < 1.29 is 13.2 Å². The summed E-state index contributed by atoms with van der Waals surface area (Å²) in [6.07, 6.45) is -2.41. The number of piperidine rings is 1. The first-order valence-electron chi connectivity index (χ1n) is 5.31. The van der Waals surface area contributed by atoms with Gasteiger partial charge in [-0.25, -0.2) is 0 Å². The van der Waals surface area contributed by atoms with Crippen LogP contribution in [0.1, 0.15) is 17.8 Å². The van der Waals surface area contributed by atoms with Crippen molar-refractivity contribution in [3.8, 4) is 0 Å². The molecule has 0 radical (unpaired) electrons. The third-order valence-corrected chi connectivity index (χ3v) is 3.52. The van der Waals surface area contributed by atoms with Crippen LogP contribution in [0, 0.1) is 0 Å². The standard InChI is InChI=1S/C9H13F3N4S/c1-16-4-2-3-6(5-16)13-8-15-14-7(17-8)9(10,11)12/h6H,2-5H2,1H3,(H,13,15). The van der Waals surface area contributed by atoms with E-state index in [1.165, 1.54) is 0 Å². The van der Waals surface area contributed by atoms with Gasteiger partial charge in [-0.1, -0.05) is 11.3 Å². The molecular weight excluding hydrogens is 253 g/mol. The number of aromatic nitrogens is 2. The quantitative estimate of drug-likeness (QED) is 0.889. The fourth-order valence-electron chi connectivity index (χ4n) is 1.85. The third kappa shape index (κ3) is 3.29. The van der Waals surface area contributed by atoms with Gasteiger partial charge in [-0.05, 0) is 26.4 Å². The maximum Gasteiger partial charge on any atom is 0.445 e. The zero-order chi connectivity index (χ0) is 12.5. The first kappa shape index (κ1) is 12.6. The van der Waals surface area contributed by atoms with Crippen molar-refractivity contribution in [3.63, 3.8) is 0 Å². The van der Waals surface area contributed by atoms with Gasteiger partial charge in [0, 0.05) is 12.6 Å². The lowest BCUT2D eigenvalue weighted by atomic mass is 10.1. The summed E-state index contributed by atoms with van der Waals surface area (Å²) in [5.74, 6) is 0. The van der Waals surface area contributed by atoms with Crippen molar-refractivity contribution in [2.45, 2.75) is 25.1 Å². The van der Waals surface area contributed by atoms with Gasteiger partial charge in [0.15, 0.2) is 0 Å². The number of alkyl halides is 3. The lowest BCUT2D eigenvalue weighted by Crippen LogP contribution is -2.39. The second-order valence-corrected chi connectivity index (χ2v) is 5.13. The van der Waals surface area contributed by atoms with Gasteiger partial charge in [0.25, 0.3) is 0 Å². The van der Waals surface area contributed by atoms with Gasteiger partial charge >= 0.3 is 6.18 Å². The van der Waals surface area contributed by atoms with Crippen LogP contribution in [0.2, 0.25) is 0 Å². The molecule has 0 amide bonds. The van der Waals surface area contributed by atoms with Crippen LogP contribution < -0.4 is 5.32 Å². The van der Waals surface area contributed by atoms with Gasteiger partial charge in [-0.15, -0.1) is 10.2 Å². The van der Waals surface area contributed by atoms with E-state index in [0.717, 1.165) is 25.9 Å². The molecule has 0 aromatic carbocycles. The first-order valence-corrected chi connectivity index (χ1v) is 6.12. The van der Waals surface area contributed by atoms with Gasteiger partial charge in [0.1, 0.15) is 0 Å². The summed E-state index contributed by atoms with van der Waals surface area (Å²) in [5.41, 5.74) is 0. The van der Waals surface area contributed by atoms with Crippen molar-refractivity contribution >= 4 is 16.5 Å². The minimum atomic E-state index is -4.40. The highest BCUT2D eigenvalue weighted by Crippen LogP contribution is 2.33. The van der Waals surface area contributed by atoms with E-state index < -0.39 is 11.2 Å². The Hall–Kier alpha value is -0.890. The van der Waals surface area contributed by atoms with Crippen molar-refractivity contribution in [1.82, 2.24) is 15.1 Å². The van der Waals surface area contributed by atoms with Crippen molar-refractivity contribution in [1.29, 1.82) is 0 Å². The number of nitrogens with one attached hydrogen (secondary N) is 1. The molecule has 0 bridgehead atoms. The molecule has 17 heavy (non-hydrogen) atoms. The number of likely N-dealkylation sites (N-methyl/N-ethyl adjacent to an activating group) is 1. The van der Waals surface area contributed by atoms with Crippen LogP contribution in [-0.2, 0) is 6.18 Å². The summed E-state index contributed by atoms with van der Waals surface area (Å²) in [7, 11) is 2.00. The predicted octanol–water partition coefficient (Wildman–Crippen LogP) is 2.06. The van der Waals surface area contributed by atoms with E-state index in [0.29, 0.717) is 11.3 Å². The molecule has 0 aliphatic carbocycles. The van der Waals surface area contributed by atoms with E-state index in [1.54, 1.807) is 0 Å². The summed E-state index contributed by atoms with van der Waals surface area (Å²) in [6.45, 7) is 1.85. The number of likely N-dealkylation sites (tertiary alicyclic amines) is 1. The molecule has 1 fully saturated rings. The molecule has 1 aromatic heterocycles. The number of rotatable bonds is 2. The van der Waals surface area contributed by atoms with Crippen LogP contribution in [0.4, 0.5) is 18.3 Å². The zero-order valence-electron chi connectivity index (χ0n) is 9.29. The summed E-state index contributed by atoms with van der Waals surface area (Å²) in [5, 5.41) is 9.02. The van der Waals surface area contributed by atoms with Crippen molar-refractivity contribution in [3.05, 3.63) is 5.01 Å². The summed E-state index contributed by atoms with van der Waals surface area (Å²) in [6, 6.07) is 0.155. The molecule has 1 aliphatic rings. The molecule has 1 unspecified atom stereocenters. The molecule has 4 nitrogen and oxygen atoms in total. The molecule has 2 heterocycles. The highest BCUT2D eigenvalue weighted by atomic mass is 32.1.